The van der Waals surface area contributed by atoms with Gasteiger partial charge in [0, 0.05) is 11.6 Å². The summed E-state index contributed by atoms with van der Waals surface area (Å²) in [6, 6.07) is 8.35. The maximum atomic E-state index is 12.7. The molecule has 4 atom stereocenters. The van der Waals surface area contributed by atoms with Gasteiger partial charge in [-0.3, -0.25) is 0 Å². The number of nitrogens with one attached hydrogen (secondary N) is 1. The Morgan fingerprint density at radius 3 is 2.86 bits per heavy atom. The minimum absolute atomic E-state index is 0.0257. The van der Waals surface area contributed by atoms with E-state index in [9.17, 15) is 4.79 Å². The molecule has 3 aliphatic rings. The van der Waals surface area contributed by atoms with Crippen LogP contribution in [0.25, 0.3) is 0 Å². The summed E-state index contributed by atoms with van der Waals surface area (Å²) in [4.78, 5) is 14.7. The van der Waals surface area contributed by atoms with E-state index < -0.39 is 0 Å². The van der Waals surface area contributed by atoms with Crippen molar-refractivity contribution >= 4 is 6.03 Å². The average Bonchev–Trinajstić information content (AvgIpc) is 3.07. The molecule has 5 nitrogen and oxygen atoms in total. The maximum absolute atomic E-state index is 12.7. The van der Waals surface area contributed by atoms with Gasteiger partial charge in [0.2, 0.25) is 0 Å². The van der Waals surface area contributed by atoms with Crippen LogP contribution in [0.3, 0.4) is 0 Å². The predicted molar refractivity (Wildman–Crippen MR) is 81.6 cm³/mol. The molecule has 118 valence electrons. The highest BCUT2D eigenvalue weighted by molar-refractivity contribution is 5.76. The van der Waals surface area contributed by atoms with Crippen LogP contribution in [0.5, 0.6) is 5.75 Å². The molecule has 4 rings (SSSR count). The van der Waals surface area contributed by atoms with Gasteiger partial charge >= 0.3 is 6.03 Å². The fraction of sp³-hybridized carbons (Fsp3) is 0.588. The Bertz CT molecular complexity index is 560. The third-order valence-corrected chi connectivity index (χ3v) is 5.31. The maximum Gasteiger partial charge on any atom is 0.320 e. The standard InChI is InChI=1S/C17H22N2O3/c1-21-14-7-5-11(6-8-14)16-18-17(20)19-13(10-22-16)9-12-3-2-4-15(12)19/h5-8,12-13,15-16H,2-4,9-10H2,1H3,(H,18,20)/t12-,13-,15-,16+/m1/s1. The Hall–Kier alpha value is -1.75. The highest BCUT2D eigenvalue weighted by Gasteiger charge is 2.47. The van der Waals surface area contributed by atoms with Crippen molar-refractivity contribution in [1.82, 2.24) is 10.2 Å². The Morgan fingerprint density at radius 1 is 1.27 bits per heavy atom. The fourth-order valence-electron chi connectivity index (χ4n) is 4.25. The van der Waals surface area contributed by atoms with Crippen molar-refractivity contribution in [3.05, 3.63) is 29.8 Å². The molecule has 2 aliphatic heterocycles. The van der Waals surface area contributed by atoms with Gasteiger partial charge < -0.3 is 19.7 Å². The van der Waals surface area contributed by atoms with E-state index in [1.165, 1.54) is 12.8 Å². The molecule has 2 saturated heterocycles. The molecule has 2 heterocycles. The van der Waals surface area contributed by atoms with Gasteiger partial charge in [-0.25, -0.2) is 4.79 Å². The minimum atomic E-state index is -0.371. The zero-order valence-corrected chi connectivity index (χ0v) is 12.8. The lowest BCUT2D eigenvalue weighted by atomic mass is 10.0. The number of rotatable bonds is 2. The van der Waals surface area contributed by atoms with Gasteiger partial charge in [-0.2, -0.15) is 0 Å². The van der Waals surface area contributed by atoms with Crippen LogP contribution in [0.4, 0.5) is 4.79 Å². The van der Waals surface area contributed by atoms with Gasteiger partial charge in [-0.1, -0.05) is 18.6 Å². The zero-order valence-electron chi connectivity index (χ0n) is 12.8. The highest BCUT2D eigenvalue weighted by atomic mass is 16.5. The number of hydrogen-bond acceptors (Lipinski definition) is 3. The summed E-state index contributed by atoms with van der Waals surface area (Å²) in [7, 11) is 1.64. The first kappa shape index (κ1) is 13.9. The molecular weight excluding hydrogens is 280 g/mol. The van der Waals surface area contributed by atoms with E-state index in [4.69, 9.17) is 9.47 Å². The smallest absolute Gasteiger partial charge is 0.320 e. The first-order valence-corrected chi connectivity index (χ1v) is 8.10. The largest absolute Gasteiger partial charge is 0.497 e. The third-order valence-electron chi connectivity index (χ3n) is 5.31. The molecule has 1 aromatic rings. The molecule has 22 heavy (non-hydrogen) atoms. The molecule has 3 fully saturated rings. The number of ether oxygens (including phenoxy) is 2. The first-order valence-electron chi connectivity index (χ1n) is 8.10. The van der Waals surface area contributed by atoms with Gasteiger partial charge in [0.1, 0.15) is 5.75 Å². The number of benzene rings is 1. The summed E-state index contributed by atoms with van der Waals surface area (Å²) in [6.07, 6.45) is 4.36. The molecule has 2 amide bonds. The van der Waals surface area contributed by atoms with Crippen LogP contribution in [-0.4, -0.2) is 36.7 Å². The summed E-state index contributed by atoms with van der Waals surface area (Å²) < 4.78 is 11.2. The lowest BCUT2D eigenvalue weighted by Gasteiger charge is -2.27. The van der Waals surface area contributed by atoms with Gasteiger partial charge in [0.15, 0.2) is 6.23 Å². The summed E-state index contributed by atoms with van der Waals surface area (Å²) in [6.45, 7) is 0.614. The Morgan fingerprint density at radius 2 is 2.09 bits per heavy atom. The molecular formula is C17H22N2O3. The summed E-state index contributed by atoms with van der Waals surface area (Å²) in [5.74, 6) is 1.48. The van der Waals surface area contributed by atoms with Crippen LogP contribution in [0, 0.1) is 5.92 Å². The number of amides is 2. The Balaban J connectivity index is 1.52. The van der Waals surface area contributed by atoms with E-state index >= 15 is 0 Å². The van der Waals surface area contributed by atoms with Crippen LogP contribution in [0.15, 0.2) is 24.3 Å². The molecule has 0 spiro atoms. The quantitative estimate of drug-likeness (QED) is 0.914. The number of hydrogen-bond donors (Lipinski definition) is 1. The van der Waals surface area contributed by atoms with Crippen molar-refractivity contribution in [2.75, 3.05) is 13.7 Å². The SMILES string of the molecule is COc1ccc([C@H]2NC(=O)N3[C@@H](CO2)C[C@H]2CCC[C@H]23)cc1. The summed E-state index contributed by atoms with van der Waals surface area (Å²) in [5, 5.41) is 3.04. The van der Waals surface area contributed by atoms with Crippen LogP contribution in [0.2, 0.25) is 0 Å². The molecule has 0 aromatic heterocycles. The monoisotopic (exact) mass is 302 g/mol. The second kappa shape index (κ2) is 5.47. The molecule has 1 N–H and O–H groups in total. The normalized spacial score (nSPS) is 33.9. The topological polar surface area (TPSA) is 50.8 Å². The van der Waals surface area contributed by atoms with Crippen molar-refractivity contribution in [2.45, 2.75) is 44.0 Å². The van der Waals surface area contributed by atoms with E-state index in [1.54, 1.807) is 7.11 Å². The van der Waals surface area contributed by atoms with Crippen LogP contribution >= 0.6 is 0 Å². The molecule has 0 radical (unpaired) electrons. The van der Waals surface area contributed by atoms with E-state index in [-0.39, 0.29) is 18.3 Å². The summed E-state index contributed by atoms with van der Waals surface area (Å²) >= 11 is 0. The fourth-order valence-corrected chi connectivity index (χ4v) is 4.25. The minimum Gasteiger partial charge on any atom is -0.497 e. The molecule has 0 unspecified atom stereocenters. The molecule has 1 saturated carbocycles. The first-order chi connectivity index (χ1) is 10.8. The number of carbonyl (C=O) groups excluding carboxylic acids is 1. The number of nitrogens with zero attached hydrogens (tertiary/aromatic N) is 1. The van der Waals surface area contributed by atoms with E-state index in [1.807, 2.05) is 24.3 Å². The van der Waals surface area contributed by atoms with E-state index in [0.29, 0.717) is 18.6 Å². The van der Waals surface area contributed by atoms with E-state index in [2.05, 4.69) is 10.2 Å². The number of urea groups is 1. The highest BCUT2D eigenvalue weighted by Crippen LogP contribution is 2.42. The Labute approximate surface area is 130 Å². The van der Waals surface area contributed by atoms with Crippen molar-refractivity contribution in [3.63, 3.8) is 0 Å². The number of fused-ring (bicyclic) bond motifs is 3. The molecule has 1 aromatic carbocycles. The zero-order chi connectivity index (χ0) is 15.1. The Kier molecular flexibility index (Phi) is 3.45. The lowest BCUT2D eigenvalue weighted by molar-refractivity contribution is 0.0326. The molecule has 1 aliphatic carbocycles. The van der Waals surface area contributed by atoms with Crippen LogP contribution in [-0.2, 0) is 4.74 Å². The van der Waals surface area contributed by atoms with E-state index in [0.717, 1.165) is 24.2 Å². The van der Waals surface area contributed by atoms with Gasteiger partial charge in [0.25, 0.3) is 0 Å². The van der Waals surface area contributed by atoms with Gasteiger partial charge in [-0.05, 0) is 37.3 Å². The second-order valence-electron chi connectivity index (χ2n) is 6.49. The second-order valence-corrected chi connectivity index (χ2v) is 6.49. The van der Waals surface area contributed by atoms with Crippen molar-refractivity contribution in [1.29, 1.82) is 0 Å². The third kappa shape index (κ3) is 2.24. The summed E-state index contributed by atoms with van der Waals surface area (Å²) in [5.41, 5.74) is 0.957. The van der Waals surface area contributed by atoms with Crippen LogP contribution < -0.4 is 10.1 Å². The van der Waals surface area contributed by atoms with Gasteiger partial charge in [-0.15, -0.1) is 0 Å². The number of methoxy groups -OCH3 is 1. The van der Waals surface area contributed by atoms with Crippen molar-refractivity contribution in [3.8, 4) is 5.75 Å². The predicted octanol–water partition coefficient (Wildman–Crippen LogP) is 2.68. The van der Waals surface area contributed by atoms with Crippen molar-refractivity contribution in [2.24, 2.45) is 5.92 Å². The number of carbonyl (C=O) groups is 1. The van der Waals surface area contributed by atoms with Gasteiger partial charge in [0.05, 0.1) is 19.8 Å². The molecule has 0 bridgehead atoms. The lowest BCUT2D eigenvalue weighted by Crippen LogP contribution is -2.46. The average molecular weight is 302 g/mol. The van der Waals surface area contributed by atoms with Crippen molar-refractivity contribution < 1.29 is 14.3 Å². The van der Waals surface area contributed by atoms with Crippen LogP contribution in [0.1, 0.15) is 37.5 Å². The molecule has 5 heteroatoms.